The molecule has 14 nitrogen and oxygen atoms in total. The molecule has 0 radical (unpaired) electrons. The third-order valence-electron chi connectivity index (χ3n) is 12.5. The number of piperidine rings is 2. The van der Waals surface area contributed by atoms with Gasteiger partial charge in [0.1, 0.15) is 18.0 Å². The van der Waals surface area contributed by atoms with Crippen LogP contribution in [-0.4, -0.2) is 105 Å². The SMILES string of the molecule is O=C1CCC(c2cc(C#CCOC3CCN(C[C@H]4CC[C@H](n5cc(NC(=O)c6cnn7ccc(N8C[C@H]9C[C@@H]8CO9)nc67)c(C(F)F)n5)CC4)CC3)ccc2Cl)C(=O)N1. The van der Waals surface area contributed by atoms with Crippen molar-refractivity contribution in [2.75, 3.05) is 49.6 Å². The summed E-state index contributed by atoms with van der Waals surface area (Å²) in [6.45, 7) is 4.53. The predicted molar refractivity (Wildman–Crippen MR) is 213 cm³/mol. The summed E-state index contributed by atoms with van der Waals surface area (Å²) in [6.07, 6.45) is 9.18. The zero-order valence-electron chi connectivity index (χ0n) is 32.5. The van der Waals surface area contributed by atoms with E-state index in [1.165, 1.54) is 10.7 Å². The highest BCUT2D eigenvalue weighted by Crippen LogP contribution is 2.37. The maximum absolute atomic E-state index is 14.2. The second-order valence-electron chi connectivity index (χ2n) is 16.3. The minimum Gasteiger partial charge on any atom is -0.374 e. The molecule has 0 spiro atoms. The Kier molecular flexibility index (Phi) is 11.4. The number of likely N-dealkylation sites (tertiary alicyclic amines) is 1. The van der Waals surface area contributed by atoms with Gasteiger partial charge in [0, 0.05) is 55.6 Å². The normalized spacial score (nSPS) is 25.1. The van der Waals surface area contributed by atoms with Crippen molar-refractivity contribution in [1.82, 2.24) is 34.6 Å². The van der Waals surface area contributed by atoms with Gasteiger partial charge in [-0.05, 0) is 87.1 Å². The monoisotopic (exact) mass is 829 g/mol. The number of ether oxygens (including phenoxy) is 2. The van der Waals surface area contributed by atoms with Crippen molar-refractivity contribution in [1.29, 1.82) is 0 Å². The van der Waals surface area contributed by atoms with Crippen LogP contribution < -0.4 is 15.5 Å². The number of aromatic nitrogens is 5. The maximum Gasteiger partial charge on any atom is 0.284 e. The first-order chi connectivity index (χ1) is 28.6. The van der Waals surface area contributed by atoms with Crippen molar-refractivity contribution >= 4 is 46.5 Å². The van der Waals surface area contributed by atoms with E-state index in [2.05, 4.69) is 42.5 Å². The van der Waals surface area contributed by atoms with Crippen molar-refractivity contribution in [3.05, 3.63) is 70.3 Å². The largest absolute Gasteiger partial charge is 0.374 e. The molecule has 4 saturated heterocycles. The third kappa shape index (κ3) is 8.57. The summed E-state index contributed by atoms with van der Waals surface area (Å²) in [5.41, 5.74) is 1.52. The predicted octanol–water partition coefficient (Wildman–Crippen LogP) is 5.53. The van der Waals surface area contributed by atoms with Crippen LogP contribution in [-0.2, 0) is 19.1 Å². The Hall–Kier alpha value is -4.95. The van der Waals surface area contributed by atoms with Gasteiger partial charge in [-0.3, -0.25) is 24.4 Å². The molecular weight excluding hydrogens is 784 g/mol. The van der Waals surface area contributed by atoms with Crippen LogP contribution in [0.3, 0.4) is 0 Å². The first-order valence-electron chi connectivity index (χ1n) is 20.5. The third-order valence-corrected chi connectivity index (χ3v) is 12.8. The number of carbonyl (C=O) groups excluding carboxylic acids is 3. The molecule has 17 heteroatoms. The minimum absolute atomic E-state index is 0.00315. The minimum atomic E-state index is -2.85. The highest BCUT2D eigenvalue weighted by atomic mass is 35.5. The molecule has 310 valence electrons. The fourth-order valence-electron chi connectivity index (χ4n) is 9.29. The smallest absolute Gasteiger partial charge is 0.284 e. The lowest BCUT2D eigenvalue weighted by Crippen LogP contribution is -2.40. The number of nitrogens with zero attached hydrogens (tertiary/aromatic N) is 7. The van der Waals surface area contributed by atoms with Crippen LogP contribution in [0.4, 0.5) is 20.3 Å². The van der Waals surface area contributed by atoms with Crippen molar-refractivity contribution in [2.24, 2.45) is 5.92 Å². The van der Waals surface area contributed by atoms with Gasteiger partial charge in [0.15, 0.2) is 11.3 Å². The van der Waals surface area contributed by atoms with Gasteiger partial charge < -0.3 is 24.6 Å². The molecule has 1 unspecified atom stereocenters. The van der Waals surface area contributed by atoms with E-state index >= 15 is 0 Å². The Bertz CT molecular complexity index is 2290. The molecule has 3 atom stereocenters. The number of nitrogens with one attached hydrogen (secondary N) is 2. The van der Waals surface area contributed by atoms with E-state index in [9.17, 15) is 23.2 Å². The number of rotatable bonds is 10. The van der Waals surface area contributed by atoms with Crippen LogP contribution in [0.2, 0.25) is 5.02 Å². The molecule has 9 rings (SSSR count). The Balaban J connectivity index is 0.736. The van der Waals surface area contributed by atoms with Crippen molar-refractivity contribution in [3.8, 4) is 11.8 Å². The average Bonchev–Trinajstić information content (AvgIpc) is 4.06. The molecule has 1 aliphatic carbocycles. The Morgan fingerprint density at radius 3 is 2.66 bits per heavy atom. The van der Waals surface area contributed by atoms with E-state index in [-0.39, 0.29) is 53.8 Å². The van der Waals surface area contributed by atoms with Crippen LogP contribution >= 0.6 is 11.6 Å². The van der Waals surface area contributed by atoms with Crippen molar-refractivity contribution < 1.29 is 32.6 Å². The number of amides is 3. The highest BCUT2D eigenvalue weighted by Gasteiger charge is 2.40. The summed E-state index contributed by atoms with van der Waals surface area (Å²) in [7, 11) is 0. The summed E-state index contributed by atoms with van der Waals surface area (Å²) < 4.78 is 43.4. The summed E-state index contributed by atoms with van der Waals surface area (Å²) >= 11 is 6.39. The van der Waals surface area contributed by atoms with E-state index in [0.29, 0.717) is 41.8 Å². The number of alkyl halides is 2. The Morgan fingerprint density at radius 1 is 1.08 bits per heavy atom. The highest BCUT2D eigenvalue weighted by molar-refractivity contribution is 6.31. The number of halogens is 3. The van der Waals surface area contributed by atoms with Gasteiger partial charge in [-0.15, -0.1) is 0 Å². The lowest BCUT2D eigenvalue weighted by atomic mass is 9.85. The fraction of sp³-hybridized carbons (Fsp3) is 0.524. The van der Waals surface area contributed by atoms with Crippen molar-refractivity contribution in [2.45, 2.75) is 94.4 Å². The number of hydrogen-bond donors (Lipinski definition) is 2. The first kappa shape index (κ1) is 39.5. The van der Waals surface area contributed by atoms with Crippen LogP contribution in [0.25, 0.3) is 5.65 Å². The zero-order valence-corrected chi connectivity index (χ0v) is 33.3. The van der Waals surface area contributed by atoms with Gasteiger partial charge in [-0.2, -0.15) is 10.2 Å². The fourth-order valence-corrected chi connectivity index (χ4v) is 9.54. The van der Waals surface area contributed by atoms with E-state index in [1.54, 1.807) is 23.1 Å². The number of imide groups is 1. The molecule has 4 aliphatic heterocycles. The van der Waals surface area contributed by atoms with Gasteiger partial charge in [0.05, 0.1) is 48.7 Å². The lowest BCUT2D eigenvalue weighted by molar-refractivity contribution is -0.134. The molecule has 2 N–H and O–H groups in total. The molecule has 1 aromatic carbocycles. The molecule has 3 amide bonds. The Morgan fingerprint density at radius 2 is 1.92 bits per heavy atom. The zero-order chi connectivity index (χ0) is 40.6. The van der Waals surface area contributed by atoms with E-state index in [4.69, 9.17) is 26.1 Å². The molecule has 5 aliphatic rings. The Labute approximate surface area is 344 Å². The molecule has 59 heavy (non-hydrogen) atoms. The molecule has 3 aromatic heterocycles. The maximum atomic E-state index is 14.2. The summed E-state index contributed by atoms with van der Waals surface area (Å²) in [5, 5.41) is 14.1. The van der Waals surface area contributed by atoms with Crippen LogP contribution in [0, 0.1) is 17.8 Å². The number of benzene rings is 1. The summed E-state index contributed by atoms with van der Waals surface area (Å²) in [4.78, 5) is 46.8. The van der Waals surface area contributed by atoms with Gasteiger partial charge in [0.2, 0.25) is 11.8 Å². The second-order valence-corrected chi connectivity index (χ2v) is 16.7. The first-order valence-corrected chi connectivity index (χ1v) is 20.9. The molecule has 2 bridgehead atoms. The van der Waals surface area contributed by atoms with E-state index in [0.717, 1.165) is 82.5 Å². The number of morpholine rings is 1. The summed E-state index contributed by atoms with van der Waals surface area (Å²) in [6, 6.07) is 7.44. The van der Waals surface area contributed by atoms with Gasteiger partial charge in [-0.25, -0.2) is 18.3 Å². The van der Waals surface area contributed by atoms with Crippen molar-refractivity contribution in [3.63, 3.8) is 0 Å². The molecule has 4 aromatic rings. The molecule has 1 saturated carbocycles. The molecule has 5 fully saturated rings. The van der Waals surface area contributed by atoms with Gasteiger partial charge in [-0.1, -0.05) is 23.4 Å². The quantitative estimate of drug-likeness (QED) is 0.155. The standard InChI is InChI=1S/C42H46ClF2N9O5/c43-34-9-5-25(18-32(34)31-8-10-37(55)49-41(31)56)2-1-17-58-29-11-14-51(15-12-29)21-26-3-6-27(7-4-26)54-23-35(38(50-54)39(44)45)47-42(57)33-20-46-53-16-13-36(48-40(33)53)52-22-30-19-28(52)24-59-30/h5,9,13,16,18,20,23,26-31,39H,3-4,6-8,10-12,14-15,17,19,21-22,24H2,(H,47,57)(H,49,55,56)/t26-,27-,28-,30-,31?/m1/s1. The summed E-state index contributed by atoms with van der Waals surface area (Å²) in [5.74, 6) is 5.81. The van der Waals surface area contributed by atoms with Crippen LogP contribution in [0.5, 0.6) is 0 Å². The van der Waals surface area contributed by atoms with Crippen LogP contribution in [0.1, 0.15) is 103 Å². The second kappa shape index (κ2) is 17.0. The van der Waals surface area contributed by atoms with E-state index in [1.807, 2.05) is 18.2 Å². The lowest BCUT2D eigenvalue weighted by Gasteiger charge is -2.36. The van der Waals surface area contributed by atoms with Crippen LogP contribution in [0.15, 0.2) is 42.9 Å². The van der Waals surface area contributed by atoms with Gasteiger partial charge >= 0.3 is 0 Å². The molecule has 7 heterocycles. The number of fused-ring (bicyclic) bond motifs is 3. The molecular formula is C42H46ClF2N9O5. The van der Waals surface area contributed by atoms with Gasteiger partial charge in [0.25, 0.3) is 12.3 Å². The number of anilines is 2. The van der Waals surface area contributed by atoms with E-state index < -0.39 is 23.9 Å². The topological polar surface area (TPSA) is 148 Å². The average molecular weight is 830 g/mol. The number of carbonyl (C=O) groups is 3. The number of hydrogen-bond acceptors (Lipinski definition) is 10.